The van der Waals surface area contributed by atoms with Gasteiger partial charge in [-0.05, 0) is 26.0 Å². The van der Waals surface area contributed by atoms with E-state index in [1.54, 1.807) is 26.0 Å². The van der Waals surface area contributed by atoms with Gasteiger partial charge in [0, 0.05) is 0 Å². The summed E-state index contributed by atoms with van der Waals surface area (Å²) in [6, 6.07) is 9.09. The highest BCUT2D eigenvalue weighted by Crippen LogP contribution is 2.05. The molecule has 0 aromatic heterocycles. The zero-order chi connectivity index (χ0) is 14.8. The Morgan fingerprint density at radius 3 is 2.35 bits per heavy atom. The predicted octanol–water partition coefficient (Wildman–Crippen LogP) is 1.97. The van der Waals surface area contributed by atoms with Crippen molar-refractivity contribution in [2.24, 2.45) is 5.10 Å². The Kier molecular flexibility index (Phi) is 6.81. The lowest BCUT2D eigenvalue weighted by atomic mass is 10.3. The summed E-state index contributed by atoms with van der Waals surface area (Å²) < 4.78 is 9.65. The Bertz CT molecular complexity index is 471. The van der Waals surface area contributed by atoms with Crippen molar-refractivity contribution < 1.29 is 19.1 Å². The van der Waals surface area contributed by atoms with E-state index in [4.69, 9.17) is 9.47 Å². The van der Waals surface area contributed by atoms with Crippen molar-refractivity contribution in [2.75, 3.05) is 18.6 Å². The molecule has 108 valence electrons. The van der Waals surface area contributed by atoms with Gasteiger partial charge in [-0.2, -0.15) is 5.10 Å². The summed E-state index contributed by atoms with van der Waals surface area (Å²) in [7, 11) is 0. The van der Waals surface area contributed by atoms with Crippen LogP contribution in [0.3, 0.4) is 0 Å². The number of carbonyl (C=O) groups is 2. The summed E-state index contributed by atoms with van der Waals surface area (Å²) in [6.07, 6.45) is -0.230. The van der Waals surface area contributed by atoms with Crippen LogP contribution in [0.4, 0.5) is 5.69 Å². The molecule has 0 bridgehead atoms. The third-order valence-electron chi connectivity index (χ3n) is 2.22. The standard InChI is InChI=1S/C14H18N2O4/c1-3-19-13(17)10-12(14(18)20-4-2)16-15-11-8-6-5-7-9-11/h5-9,15H,3-4,10H2,1-2H3. The monoisotopic (exact) mass is 278 g/mol. The first kappa shape index (κ1) is 15.7. The molecule has 1 N–H and O–H groups in total. The molecule has 0 spiro atoms. The summed E-state index contributed by atoms with van der Waals surface area (Å²) in [6.45, 7) is 3.85. The smallest absolute Gasteiger partial charge is 0.355 e. The van der Waals surface area contributed by atoms with E-state index in [2.05, 4.69) is 10.5 Å². The lowest BCUT2D eigenvalue weighted by Gasteiger charge is -2.07. The van der Waals surface area contributed by atoms with E-state index in [0.29, 0.717) is 5.69 Å². The van der Waals surface area contributed by atoms with E-state index in [0.717, 1.165) is 0 Å². The van der Waals surface area contributed by atoms with E-state index in [1.165, 1.54) is 0 Å². The molecule has 20 heavy (non-hydrogen) atoms. The second-order valence-corrected chi connectivity index (χ2v) is 3.74. The molecule has 0 atom stereocenters. The average molecular weight is 278 g/mol. The summed E-state index contributed by atoms with van der Waals surface area (Å²) in [5, 5.41) is 3.93. The third kappa shape index (κ3) is 5.51. The summed E-state index contributed by atoms with van der Waals surface area (Å²) in [4.78, 5) is 23.1. The van der Waals surface area contributed by atoms with Crippen LogP contribution in [-0.2, 0) is 19.1 Å². The van der Waals surface area contributed by atoms with Crippen molar-refractivity contribution in [1.29, 1.82) is 0 Å². The third-order valence-corrected chi connectivity index (χ3v) is 2.22. The van der Waals surface area contributed by atoms with Crippen LogP contribution >= 0.6 is 0 Å². The van der Waals surface area contributed by atoms with Crippen molar-refractivity contribution in [3.8, 4) is 0 Å². The van der Waals surface area contributed by atoms with Crippen molar-refractivity contribution in [1.82, 2.24) is 0 Å². The van der Waals surface area contributed by atoms with Crippen LogP contribution in [0.2, 0.25) is 0 Å². The molecule has 1 aromatic rings. The highest BCUT2D eigenvalue weighted by atomic mass is 16.5. The number of hydrazone groups is 1. The van der Waals surface area contributed by atoms with Gasteiger partial charge >= 0.3 is 11.9 Å². The topological polar surface area (TPSA) is 77.0 Å². The lowest BCUT2D eigenvalue weighted by Crippen LogP contribution is -2.23. The van der Waals surface area contributed by atoms with Gasteiger partial charge < -0.3 is 9.47 Å². The molecule has 1 rings (SSSR count). The molecule has 0 aliphatic rings. The lowest BCUT2D eigenvalue weighted by molar-refractivity contribution is -0.143. The van der Waals surface area contributed by atoms with Crippen LogP contribution in [0.5, 0.6) is 0 Å². The van der Waals surface area contributed by atoms with Crippen LogP contribution in [0.25, 0.3) is 0 Å². The van der Waals surface area contributed by atoms with Crippen LogP contribution in [0, 0.1) is 0 Å². The second kappa shape index (κ2) is 8.68. The number of para-hydroxylation sites is 1. The van der Waals surface area contributed by atoms with Gasteiger partial charge in [0.1, 0.15) is 0 Å². The number of anilines is 1. The minimum absolute atomic E-state index is 0.0193. The Morgan fingerprint density at radius 1 is 1.10 bits per heavy atom. The molecular weight excluding hydrogens is 260 g/mol. The quantitative estimate of drug-likeness (QED) is 0.469. The fraction of sp³-hybridized carbons (Fsp3) is 0.357. The van der Waals surface area contributed by atoms with E-state index in [1.807, 2.05) is 18.2 Å². The van der Waals surface area contributed by atoms with Gasteiger partial charge in [0.25, 0.3) is 0 Å². The number of esters is 2. The van der Waals surface area contributed by atoms with E-state index in [-0.39, 0.29) is 25.3 Å². The first-order chi connectivity index (χ1) is 9.67. The van der Waals surface area contributed by atoms with Crippen molar-refractivity contribution in [2.45, 2.75) is 20.3 Å². The molecule has 0 aliphatic heterocycles. The highest BCUT2D eigenvalue weighted by Gasteiger charge is 2.18. The number of nitrogens with zero attached hydrogens (tertiary/aromatic N) is 1. The predicted molar refractivity (Wildman–Crippen MR) is 75.4 cm³/mol. The molecule has 0 saturated heterocycles. The van der Waals surface area contributed by atoms with Crippen molar-refractivity contribution in [3.05, 3.63) is 30.3 Å². The normalized spacial score (nSPS) is 10.8. The molecule has 0 amide bonds. The van der Waals surface area contributed by atoms with Crippen LogP contribution in [0.15, 0.2) is 35.4 Å². The number of rotatable bonds is 7. The average Bonchev–Trinajstić information content (AvgIpc) is 2.45. The van der Waals surface area contributed by atoms with Crippen LogP contribution in [-0.4, -0.2) is 30.9 Å². The molecule has 0 fully saturated rings. The van der Waals surface area contributed by atoms with E-state index < -0.39 is 11.9 Å². The number of benzene rings is 1. The number of hydrogen-bond acceptors (Lipinski definition) is 6. The largest absolute Gasteiger partial charge is 0.466 e. The minimum atomic E-state index is -0.635. The number of carbonyl (C=O) groups excluding carboxylic acids is 2. The fourth-order valence-corrected chi connectivity index (χ4v) is 1.37. The minimum Gasteiger partial charge on any atom is -0.466 e. The zero-order valence-electron chi connectivity index (χ0n) is 11.6. The maximum Gasteiger partial charge on any atom is 0.355 e. The number of ether oxygens (including phenoxy) is 2. The van der Waals surface area contributed by atoms with Gasteiger partial charge in [-0.25, -0.2) is 4.79 Å². The molecule has 0 aliphatic carbocycles. The summed E-state index contributed by atoms with van der Waals surface area (Å²) in [5.74, 6) is -1.15. The Balaban J connectivity index is 2.75. The van der Waals surface area contributed by atoms with Gasteiger partial charge in [-0.15, -0.1) is 0 Å². The first-order valence-corrected chi connectivity index (χ1v) is 6.37. The highest BCUT2D eigenvalue weighted by molar-refractivity contribution is 6.39. The van der Waals surface area contributed by atoms with E-state index >= 15 is 0 Å². The van der Waals surface area contributed by atoms with Gasteiger partial charge in [0.05, 0.1) is 25.3 Å². The molecule has 6 heteroatoms. The molecule has 0 radical (unpaired) electrons. The fourth-order valence-electron chi connectivity index (χ4n) is 1.37. The van der Waals surface area contributed by atoms with E-state index in [9.17, 15) is 9.59 Å². The first-order valence-electron chi connectivity index (χ1n) is 6.37. The van der Waals surface area contributed by atoms with Crippen molar-refractivity contribution >= 4 is 23.3 Å². The zero-order valence-corrected chi connectivity index (χ0v) is 11.6. The second-order valence-electron chi connectivity index (χ2n) is 3.74. The van der Waals surface area contributed by atoms with Crippen LogP contribution in [0.1, 0.15) is 20.3 Å². The molecule has 0 saturated carbocycles. The van der Waals surface area contributed by atoms with Gasteiger partial charge in [0.2, 0.25) is 0 Å². The Labute approximate surface area is 117 Å². The van der Waals surface area contributed by atoms with Crippen molar-refractivity contribution in [3.63, 3.8) is 0 Å². The Hall–Kier alpha value is -2.37. The van der Waals surface area contributed by atoms with Crippen LogP contribution < -0.4 is 5.43 Å². The summed E-state index contributed by atoms with van der Waals surface area (Å²) in [5.41, 5.74) is 3.40. The Morgan fingerprint density at radius 2 is 1.75 bits per heavy atom. The molecule has 0 heterocycles. The number of nitrogens with one attached hydrogen (secondary N) is 1. The van der Waals surface area contributed by atoms with Gasteiger partial charge in [-0.3, -0.25) is 10.2 Å². The maximum atomic E-state index is 11.7. The summed E-state index contributed by atoms with van der Waals surface area (Å²) >= 11 is 0. The maximum absolute atomic E-state index is 11.7. The molecule has 6 nitrogen and oxygen atoms in total. The van der Waals surface area contributed by atoms with Gasteiger partial charge in [0.15, 0.2) is 5.71 Å². The van der Waals surface area contributed by atoms with Gasteiger partial charge in [-0.1, -0.05) is 18.2 Å². The molecule has 0 unspecified atom stereocenters. The molecular formula is C14H18N2O4. The SMILES string of the molecule is CCOC(=O)CC(=NNc1ccccc1)C(=O)OCC. The molecule has 1 aromatic carbocycles. The number of hydrogen-bond donors (Lipinski definition) is 1.